The molecule has 1 heterocycles. The van der Waals surface area contributed by atoms with Gasteiger partial charge < -0.3 is 9.64 Å². The number of fused-ring (bicyclic) bond motifs is 1. The number of carbonyl (C=O) groups excluding carboxylic acids is 1. The summed E-state index contributed by atoms with van der Waals surface area (Å²) in [6.07, 6.45) is 4.59. The molecule has 1 amide bonds. The van der Waals surface area contributed by atoms with Gasteiger partial charge in [0.2, 0.25) is 5.91 Å². The Kier molecular flexibility index (Phi) is 2.60. The fraction of sp³-hybridized carbons (Fsp3) is 0.588. The second-order valence-corrected chi connectivity index (χ2v) is 6.59. The van der Waals surface area contributed by atoms with Crippen molar-refractivity contribution in [2.45, 2.75) is 50.7 Å². The molecule has 0 bridgehead atoms. The van der Waals surface area contributed by atoms with Gasteiger partial charge in [-0.25, -0.2) is 0 Å². The fourth-order valence-electron chi connectivity index (χ4n) is 3.53. The van der Waals surface area contributed by atoms with Crippen LogP contribution in [0.1, 0.15) is 43.2 Å². The molecule has 1 aromatic rings. The van der Waals surface area contributed by atoms with Gasteiger partial charge in [-0.2, -0.15) is 0 Å². The number of likely N-dealkylation sites (N-methyl/N-ethyl adjacent to an activating group) is 1. The lowest BCUT2D eigenvalue weighted by Gasteiger charge is -2.17. The Morgan fingerprint density at radius 2 is 2.15 bits per heavy atom. The van der Waals surface area contributed by atoms with Gasteiger partial charge in [0.05, 0.1) is 0 Å². The van der Waals surface area contributed by atoms with E-state index in [2.05, 4.69) is 25.1 Å². The molecule has 4 rings (SSSR count). The highest BCUT2D eigenvalue weighted by Gasteiger charge is 2.47. The maximum Gasteiger partial charge on any atom is 0.225 e. The second kappa shape index (κ2) is 4.24. The summed E-state index contributed by atoms with van der Waals surface area (Å²) in [6.45, 7) is 2.12. The molecule has 2 fully saturated rings. The van der Waals surface area contributed by atoms with E-state index in [1.165, 1.54) is 11.1 Å². The van der Waals surface area contributed by atoms with Crippen LogP contribution in [0.15, 0.2) is 18.2 Å². The normalized spacial score (nSPS) is 30.6. The number of hydrogen-bond donors (Lipinski definition) is 0. The van der Waals surface area contributed by atoms with Crippen LogP contribution in [0, 0.1) is 5.92 Å². The van der Waals surface area contributed by atoms with E-state index in [0.717, 1.165) is 31.4 Å². The van der Waals surface area contributed by atoms with Crippen molar-refractivity contribution in [2.75, 3.05) is 7.05 Å². The van der Waals surface area contributed by atoms with Crippen molar-refractivity contribution < 1.29 is 9.53 Å². The first-order valence-corrected chi connectivity index (χ1v) is 7.70. The molecule has 0 spiro atoms. The third-order valence-electron chi connectivity index (χ3n) is 4.92. The maximum absolute atomic E-state index is 12.2. The van der Waals surface area contributed by atoms with Crippen molar-refractivity contribution >= 4 is 5.91 Å². The van der Waals surface area contributed by atoms with Gasteiger partial charge in [-0.3, -0.25) is 4.79 Å². The molecule has 0 saturated heterocycles. The van der Waals surface area contributed by atoms with Crippen molar-refractivity contribution in [3.05, 3.63) is 29.3 Å². The van der Waals surface area contributed by atoms with Crippen LogP contribution in [0.3, 0.4) is 0 Å². The fourth-order valence-corrected chi connectivity index (χ4v) is 3.53. The minimum absolute atomic E-state index is 0.286. The zero-order chi connectivity index (χ0) is 13.9. The van der Waals surface area contributed by atoms with Crippen LogP contribution < -0.4 is 4.74 Å². The predicted octanol–water partition coefficient (Wildman–Crippen LogP) is 2.73. The average molecular weight is 271 g/mol. The molecule has 0 radical (unpaired) electrons. The summed E-state index contributed by atoms with van der Waals surface area (Å²) in [5.41, 5.74) is 2.78. The quantitative estimate of drug-likeness (QED) is 0.846. The van der Waals surface area contributed by atoms with Crippen molar-refractivity contribution in [1.29, 1.82) is 0 Å². The Labute approximate surface area is 119 Å². The van der Waals surface area contributed by atoms with Gasteiger partial charge in [-0.05, 0) is 37.8 Å². The van der Waals surface area contributed by atoms with Crippen LogP contribution in [0.2, 0.25) is 0 Å². The van der Waals surface area contributed by atoms with Crippen LogP contribution in [-0.2, 0) is 11.2 Å². The van der Waals surface area contributed by atoms with Crippen LogP contribution in [-0.4, -0.2) is 30.0 Å². The van der Waals surface area contributed by atoms with E-state index in [0.29, 0.717) is 23.8 Å². The lowest BCUT2D eigenvalue weighted by molar-refractivity contribution is -0.131. The molecular formula is C17H21NO2. The van der Waals surface area contributed by atoms with Gasteiger partial charge in [0.15, 0.2) is 0 Å². The zero-order valence-electron chi connectivity index (χ0n) is 12.1. The van der Waals surface area contributed by atoms with Crippen LogP contribution in [0.4, 0.5) is 0 Å². The summed E-state index contributed by atoms with van der Waals surface area (Å²) in [4.78, 5) is 14.2. The van der Waals surface area contributed by atoms with Gasteiger partial charge in [0, 0.05) is 36.9 Å². The van der Waals surface area contributed by atoms with Crippen molar-refractivity contribution in [1.82, 2.24) is 4.90 Å². The number of hydrogen-bond acceptors (Lipinski definition) is 2. The molecule has 3 nitrogen and oxygen atoms in total. The average Bonchev–Trinajstić information content (AvgIpc) is 3.32. The van der Waals surface area contributed by atoms with E-state index < -0.39 is 0 Å². The number of rotatable bonds is 3. The molecule has 1 aliphatic heterocycles. The Morgan fingerprint density at radius 1 is 1.35 bits per heavy atom. The molecule has 106 valence electrons. The van der Waals surface area contributed by atoms with E-state index in [-0.39, 0.29) is 6.10 Å². The van der Waals surface area contributed by atoms with Gasteiger partial charge in [-0.1, -0.05) is 12.1 Å². The first-order chi connectivity index (χ1) is 9.65. The molecule has 1 aromatic carbocycles. The maximum atomic E-state index is 12.2. The number of nitrogens with zero attached hydrogens (tertiary/aromatic N) is 1. The first kappa shape index (κ1) is 12.2. The lowest BCUT2D eigenvalue weighted by Crippen LogP contribution is -2.31. The summed E-state index contributed by atoms with van der Waals surface area (Å²) < 4.78 is 5.84. The first-order valence-electron chi connectivity index (χ1n) is 7.70. The number of carbonyl (C=O) groups is 1. The highest BCUT2D eigenvalue weighted by Crippen LogP contribution is 2.49. The van der Waals surface area contributed by atoms with Gasteiger partial charge in [0.1, 0.15) is 11.9 Å². The topological polar surface area (TPSA) is 29.5 Å². The van der Waals surface area contributed by atoms with Gasteiger partial charge in [0.25, 0.3) is 0 Å². The molecule has 0 aromatic heterocycles. The van der Waals surface area contributed by atoms with E-state index >= 15 is 0 Å². The highest BCUT2D eigenvalue weighted by atomic mass is 16.5. The summed E-state index contributed by atoms with van der Waals surface area (Å²) in [6, 6.07) is 6.79. The summed E-state index contributed by atoms with van der Waals surface area (Å²) >= 11 is 0. The Balaban J connectivity index is 1.53. The van der Waals surface area contributed by atoms with E-state index in [1.54, 1.807) is 0 Å². The Morgan fingerprint density at radius 3 is 2.90 bits per heavy atom. The van der Waals surface area contributed by atoms with Crippen LogP contribution in [0.5, 0.6) is 5.75 Å². The number of benzene rings is 1. The summed E-state index contributed by atoms with van der Waals surface area (Å²) in [7, 11) is 1.98. The molecule has 3 aliphatic rings. The minimum atomic E-state index is 0.286. The van der Waals surface area contributed by atoms with Gasteiger partial charge >= 0.3 is 0 Å². The molecule has 3 atom stereocenters. The van der Waals surface area contributed by atoms with Crippen LogP contribution in [0.25, 0.3) is 0 Å². The molecular weight excluding hydrogens is 250 g/mol. The van der Waals surface area contributed by atoms with E-state index in [9.17, 15) is 4.79 Å². The predicted molar refractivity (Wildman–Crippen MR) is 76.9 cm³/mol. The zero-order valence-corrected chi connectivity index (χ0v) is 12.1. The molecule has 2 aliphatic carbocycles. The van der Waals surface area contributed by atoms with Crippen molar-refractivity contribution in [2.24, 2.45) is 5.92 Å². The SMILES string of the molecule is CC1Cc2c(cccc2C2CC2N(C)C(=O)C2CC2)O1. The van der Waals surface area contributed by atoms with Crippen molar-refractivity contribution in [3.8, 4) is 5.75 Å². The number of ether oxygens (including phenoxy) is 1. The summed E-state index contributed by atoms with van der Waals surface area (Å²) in [5, 5.41) is 0. The Bertz CT molecular complexity index is 564. The lowest BCUT2D eigenvalue weighted by atomic mass is 9.99. The molecule has 3 heteroatoms. The smallest absolute Gasteiger partial charge is 0.225 e. The monoisotopic (exact) mass is 271 g/mol. The van der Waals surface area contributed by atoms with Gasteiger partial charge in [-0.15, -0.1) is 0 Å². The third kappa shape index (κ3) is 1.91. The largest absolute Gasteiger partial charge is 0.490 e. The van der Waals surface area contributed by atoms with Crippen molar-refractivity contribution in [3.63, 3.8) is 0 Å². The molecule has 3 unspecified atom stereocenters. The van der Waals surface area contributed by atoms with E-state index in [1.807, 2.05) is 11.9 Å². The minimum Gasteiger partial charge on any atom is -0.490 e. The molecule has 2 saturated carbocycles. The highest BCUT2D eigenvalue weighted by molar-refractivity contribution is 5.81. The molecule has 0 N–H and O–H groups in total. The standard InChI is InChI=1S/C17H21NO2/c1-10-8-14-12(4-3-5-16(14)20-10)13-9-15(13)18(2)17(19)11-6-7-11/h3-5,10-11,13,15H,6-9H2,1-2H3. The third-order valence-corrected chi connectivity index (χ3v) is 4.92. The second-order valence-electron chi connectivity index (χ2n) is 6.59. The van der Waals surface area contributed by atoms with E-state index in [4.69, 9.17) is 4.74 Å². The Hall–Kier alpha value is -1.51. The number of amides is 1. The van der Waals surface area contributed by atoms with Crippen LogP contribution >= 0.6 is 0 Å². The molecule has 20 heavy (non-hydrogen) atoms. The summed E-state index contributed by atoms with van der Waals surface area (Å²) in [5.74, 6) is 2.25.